The molecule has 1 aromatic heterocycles. The monoisotopic (exact) mass is 429 g/mol. The van der Waals surface area contributed by atoms with Gasteiger partial charge in [0.2, 0.25) is 11.8 Å². The summed E-state index contributed by atoms with van der Waals surface area (Å²) in [5.74, 6) is -2.36. The molecule has 0 spiro atoms. The Balaban J connectivity index is 1.52. The lowest BCUT2D eigenvalue weighted by molar-refractivity contribution is -0.143. The number of fused-ring (bicyclic) bond motifs is 2. The number of carboxylic acid groups (broad SMARTS) is 1. The first kappa shape index (κ1) is 20.0. The summed E-state index contributed by atoms with van der Waals surface area (Å²) in [5, 5.41) is 16.0. The quantitative estimate of drug-likeness (QED) is 0.633. The molecule has 2 atom stereocenters. The highest BCUT2D eigenvalue weighted by Gasteiger charge is 2.45. The van der Waals surface area contributed by atoms with Crippen molar-refractivity contribution in [1.29, 1.82) is 0 Å². The van der Waals surface area contributed by atoms with E-state index in [1.165, 1.54) is 4.90 Å². The van der Waals surface area contributed by atoms with Crippen molar-refractivity contribution in [1.82, 2.24) is 10.2 Å². The van der Waals surface area contributed by atoms with Gasteiger partial charge < -0.3 is 25.4 Å². The Morgan fingerprint density at radius 1 is 1.27 bits per heavy atom. The SMILES string of the molecule is O=C(O)COCC(=O)N[C@H]1CCN2C(=O)c3cc(-c4cccs4)ccc3NC(=O)[C@H]12. The molecule has 2 aliphatic heterocycles. The second kappa shape index (κ2) is 8.25. The molecule has 0 radical (unpaired) electrons. The topological polar surface area (TPSA) is 125 Å². The van der Waals surface area contributed by atoms with Gasteiger partial charge in [0.25, 0.3) is 5.91 Å². The third-order valence-electron chi connectivity index (χ3n) is 5.05. The molecule has 0 aliphatic carbocycles. The zero-order valence-electron chi connectivity index (χ0n) is 15.8. The minimum Gasteiger partial charge on any atom is -0.480 e. The van der Waals surface area contributed by atoms with E-state index < -0.39 is 37.2 Å². The van der Waals surface area contributed by atoms with Crippen LogP contribution in [-0.2, 0) is 19.1 Å². The number of aliphatic carboxylic acids is 1. The molecule has 30 heavy (non-hydrogen) atoms. The van der Waals surface area contributed by atoms with Gasteiger partial charge in [-0.3, -0.25) is 14.4 Å². The van der Waals surface area contributed by atoms with E-state index in [1.54, 1.807) is 23.5 Å². The molecule has 0 saturated carbocycles. The number of amides is 3. The smallest absolute Gasteiger partial charge is 0.329 e. The van der Waals surface area contributed by atoms with Crippen molar-refractivity contribution in [3.8, 4) is 10.4 Å². The van der Waals surface area contributed by atoms with Crippen molar-refractivity contribution >= 4 is 40.7 Å². The molecule has 2 aromatic rings. The molecule has 3 N–H and O–H groups in total. The van der Waals surface area contributed by atoms with Gasteiger partial charge in [0.1, 0.15) is 19.3 Å². The third kappa shape index (κ3) is 3.91. The average Bonchev–Trinajstić information content (AvgIpc) is 3.35. The first-order valence-corrected chi connectivity index (χ1v) is 10.2. The van der Waals surface area contributed by atoms with Crippen LogP contribution in [0.25, 0.3) is 10.4 Å². The molecule has 1 fully saturated rings. The minimum atomic E-state index is -1.18. The summed E-state index contributed by atoms with van der Waals surface area (Å²) in [5.41, 5.74) is 1.74. The Morgan fingerprint density at radius 2 is 2.10 bits per heavy atom. The van der Waals surface area contributed by atoms with Gasteiger partial charge in [-0.05, 0) is 35.6 Å². The van der Waals surface area contributed by atoms with Crippen LogP contribution in [-0.4, -0.2) is 65.5 Å². The Hall–Kier alpha value is -3.24. The maximum absolute atomic E-state index is 13.2. The van der Waals surface area contributed by atoms with Crippen LogP contribution in [0.5, 0.6) is 0 Å². The number of rotatable bonds is 6. The van der Waals surface area contributed by atoms with E-state index >= 15 is 0 Å². The Bertz CT molecular complexity index is 1010. The van der Waals surface area contributed by atoms with E-state index in [4.69, 9.17) is 9.84 Å². The van der Waals surface area contributed by atoms with Crippen LogP contribution in [0.4, 0.5) is 5.69 Å². The van der Waals surface area contributed by atoms with Crippen molar-refractivity contribution in [2.75, 3.05) is 25.1 Å². The van der Waals surface area contributed by atoms with Crippen LogP contribution >= 0.6 is 11.3 Å². The second-order valence-electron chi connectivity index (χ2n) is 7.02. The summed E-state index contributed by atoms with van der Waals surface area (Å²) in [7, 11) is 0. The molecule has 1 saturated heterocycles. The molecule has 3 heterocycles. The first-order valence-electron chi connectivity index (χ1n) is 9.32. The molecular formula is C20H19N3O6S. The van der Waals surface area contributed by atoms with Gasteiger partial charge in [-0.15, -0.1) is 11.3 Å². The van der Waals surface area contributed by atoms with Crippen molar-refractivity contribution in [2.24, 2.45) is 0 Å². The lowest BCUT2D eigenvalue weighted by Crippen LogP contribution is -2.52. The fourth-order valence-corrected chi connectivity index (χ4v) is 4.49. The number of carbonyl (C=O) groups excluding carboxylic acids is 3. The number of hydrogen-bond donors (Lipinski definition) is 3. The van der Waals surface area contributed by atoms with Crippen molar-refractivity contribution < 1.29 is 29.0 Å². The zero-order chi connectivity index (χ0) is 21.3. The molecule has 156 valence electrons. The number of thiophene rings is 1. The minimum absolute atomic E-state index is 0.273. The summed E-state index contributed by atoms with van der Waals surface area (Å²) in [4.78, 5) is 51.1. The maximum Gasteiger partial charge on any atom is 0.329 e. The van der Waals surface area contributed by atoms with E-state index in [0.717, 1.165) is 10.4 Å². The van der Waals surface area contributed by atoms with Gasteiger partial charge in [0.15, 0.2) is 0 Å². The number of hydrogen-bond acceptors (Lipinski definition) is 6. The van der Waals surface area contributed by atoms with E-state index in [-0.39, 0.29) is 11.8 Å². The standard InChI is InChI=1S/C20H19N3O6S/c24-16(9-29-10-17(25)26)21-14-5-6-23-18(14)19(27)22-13-4-3-11(8-12(13)20(23)28)15-2-1-7-30-15/h1-4,7-8,14,18H,5-6,9-10H2,(H,21,24)(H,22,27)(H,25,26)/t14-,18-/m0/s1. The Kier molecular flexibility index (Phi) is 5.51. The first-order chi connectivity index (χ1) is 14.4. The van der Waals surface area contributed by atoms with Crippen LogP contribution < -0.4 is 10.6 Å². The number of nitrogens with zero attached hydrogens (tertiary/aromatic N) is 1. The predicted octanol–water partition coefficient (Wildman–Crippen LogP) is 1.17. The number of anilines is 1. The largest absolute Gasteiger partial charge is 0.480 e. The molecule has 10 heteroatoms. The molecule has 9 nitrogen and oxygen atoms in total. The summed E-state index contributed by atoms with van der Waals surface area (Å²) in [6, 6.07) is 7.81. The van der Waals surface area contributed by atoms with E-state index in [0.29, 0.717) is 24.2 Å². The molecule has 2 aliphatic rings. The Labute approximate surface area is 175 Å². The van der Waals surface area contributed by atoms with E-state index in [1.807, 2.05) is 23.6 Å². The fourth-order valence-electron chi connectivity index (χ4n) is 3.76. The maximum atomic E-state index is 13.2. The van der Waals surface area contributed by atoms with Crippen molar-refractivity contribution in [3.63, 3.8) is 0 Å². The molecule has 0 unspecified atom stereocenters. The lowest BCUT2D eigenvalue weighted by atomic mass is 10.1. The zero-order valence-corrected chi connectivity index (χ0v) is 16.6. The van der Waals surface area contributed by atoms with Gasteiger partial charge >= 0.3 is 5.97 Å². The molecule has 3 amide bonds. The third-order valence-corrected chi connectivity index (χ3v) is 5.96. The highest BCUT2D eigenvalue weighted by molar-refractivity contribution is 7.13. The highest BCUT2D eigenvalue weighted by Crippen LogP contribution is 2.33. The van der Waals surface area contributed by atoms with Crippen LogP contribution in [0.3, 0.4) is 0 Å². The van der Waals surface area contributed by atoms with Crippen LogP contribution in [0.15, 0.2) is 35.7 Å². The highest BCUT2D eigenvalue weighted by atomic mass is 32.1. The number of carboxylic acids is 1. The van der Waals surface area contributed by atoms with Crippen LogP contribution in [0.2, 0.25) is 0 Å². The number of benzene rings is 1. The van der Waals surface area contributed by atoms with E-state index in [2.05, 4.69) is 10.6 Å². The van der Waals surface area contributed by atoms with Crippen LogP contribution in [0, 0.1) is 0 Å². The second-order valence-corrected chi connectivity index (χ2v) is 7.97. The predicted molar refractivity (Wildman–Crippen MR) is 108 cm³/mol. The molecule has 0 bridgehead atoms. The lowest BCUT2D eigenvalue weighted by Gasteiger charge is -2.24. The van der Waals surface area contributed by atoms with Crippen molar-refractivity contribution in [3.05, 3.63) is 41.3 Å². The van der Waals surface area contributed by atoms with E-state index in [9.17, 15) is 19.2 Å². The Morgan fingerprint density at radius 3 is 2.83 bits per heavy atom. The summed E-state index contributed by atoms with van der Waals surface area (Å²) >= 11 is 1.56. The average molecular weight is 429 g/mol. The van der Waals surface area contributed by atoms with Gasteiger partial charge in [0.05, 0.1) is 17.3 Å². The number of nitrogens with one attached hydrogen (secondary N) is 2. The number of carbonyl (C=O) groups is 4. The molecular weight excluding hydrogens is 410 g/mol. The molecule has 4 rings (SSSR count). The van der Waals surface area contributed by atoms with Gasteiger partial charge in [-0.2, -0.15) is 0 Å². The van der Waals surface area contributed by atoms with Crippen molar-refractivity contribution in [2.45, 2.75) is 18.5 Å². The fraction of sp³-hybridized carbons (Fsp3) is 0.300. The van der Waals surface area contributed by atoms with Crippen LogP contribution in [0.1, 0.15) is 16.8 Å². The molecule has 1 aromatic carbocycles. The van der Waals surface area contributed by atoms with Gasteiger partial charge in [-0.25, -0.2) is 4.79 Å². The number of ether oxygens (including phenoxy) is 1. The van der Waals surface area contributed by atoms with Gasteiger partial charge in [-0.1, -0.05) is 12.1 Å². The normalized spacial score (nSPS) is 20.2. The summed E-state index contributed by atoms with van der Waals surface area (Å²) in [6.07, 6.45) is 0.411. The summed E-state index contributed by atoms with van der Waals surface area (Å²) in [6.45, 7) is -0.704. The van der Waals surface area contributed by atoms with Gasteiger partial charge in [0, 0.05) is 11.4 Å². The summed E-state index contributed by atoms with van der Waals surface area (Å²) < 4.78 is 4.78.